The van der Waals surface area contributed by atoms with E-state index in [0.29, 0.717) is 30.1 Å². The first-order valence-corrected chi connectivity index (χ1v) is 10.4. The highest BCUT2D eigenvalue weighted by Crippen LogP contribution is 2.28. The summed E-state index contributed by atoms with van der Waals surface area (Å²) < 4.78 is 33.6. The molecule has 0 bridgehead atoms. The maximum Gasteiger partial charge on any atom is 0.262 e. The first kappa shape index (κ1) is 19.2. The number of sulfonamides is 1. The Bertz CT molecular complexity index is 964. The fraction of sp³-hybridized carbons (Fsp3) is 0.350. The minimum absolute atomic E-state index is 0.0548. The van der Waals surface area contributed by atoms with E-state index >= 15 is 0 Å². The number of carbonyl (C=O) groups is 1. The molecule has 0 radical (unpaired) electrons. The van der Waals surface area contributed by atoms with Crippen molar-refractivity contribution >= 4 is 21.6 Å². The molecule has 0 saturated carbocycles. The molecule has 1 amide bonds. The Morgan fingerprint density at radius 3 is 2.44 bits per heavy atom. The molecule has 1 saturated heterocycles. The molecule has 144 valence electrons. The second-order valence-electron chi connectivity index (χ2n) is 6.79. The molecule has 0 aromatic heterocycles. The molecule has 0 unspecified atom stereocenters. The van der Waals surface area contributed by atoms with Gasteiger partial charge in [0.2, 0.25) is 0 Å². The van der Waals surface area contributed by atoms with Crippen molar-refractivity contribution in [3.8, 4) is 5.75 Å². The molecule has 0 atom stereocenters. The summed E-state index contributed by atoms with van der Waals surface area (Å²) in [6, 6.07) is 9.91. The zero-order chi connectivity index (χ0) is 19.6. The minimum Gasteiger partial charge on any atom is -0.495 e. The van der Waals surface area contributed by atoms with Gasteiger partial charge in [0.15, 0.2) is 0 Å². The molecule has 1 heterocycles. The summed E-state index contributed by atoms with van der Waals surface area (Å²) in [5.74, 6) is 0.319. The maximum atomic E-state index is 12.9. The smallest absolute Gasteiger partial charge is 0.262 e. The van der Waals surface area contributed by atoms with Crippen LogP contribution in [-0.2, 0) is 10.0 Å². The van der Waals surface area contributed by atoms with Crippen LogP contribution in [0, 0.1) is 13.8 Å². The summed E-state index contributed by atoms with van der Waals surface area (Å²) >= 11 is 0. The molecule has 1 fully saturated rings. The number of rotatable bonds is 5. The zero-order valence-electron chi connectivity index (χ0n) is 15.8. The SMILES string of the molecule is COc1ccc(C)cc1NS(=O)(=O)c1ccc(C)c(C(=O)N2CCCC2)c1. The third kappa shape index (κ3) is 4.08. The quantitative estimate of drug-likeness (QED) is 0.852. The lowest BCUT2D eigenvalue weighted by atomic mass is 10.1. The first-order valence-electron chi connectivity index (χ1n) is 8.89. The van der Waals surface area contributed by atoms with Gasteiger partial charge in [-0.15, -0.1) is 0 Å². The van der Waals surface area contributed by atoms with Crippen LogP contribution in [0.4, 0.5) is 5.69 Å². The van der Waals surface area contributed by atoms with Crippen molar-refractivity contribution in [2.24, 2.45) is 0 Å². The Morgan fingerprint density at radius 2 is 1.78 bits per heavy atom. The molecule has 27 heavy (non-hydrogen) atoms. The molecule has 2 aromatic rings. The molecule has 2 aromatic carbocycles. The molecule has 6 nitrogen and oxygen atoms in total. The van der Waals surface area contributed by atoms with E-state index in [4.69, 9.17) is 4.74 Å². The average Bonchev–Trinajstić information content (AvgIpc) is 3.16. The minimum atomic E-state index is -3.86. The largest absolute Gasteiger partial charge is 0.495 e. The van der Waals surface area contributed by atoms with E-state index in [9.17, 15) is 13.2 Å². The Balaban J connectivity index is 1.94. The molecule has 7 heteroatoms. The van der Waals surface area contributed by atoms with Gasteiger partial charge in [0, 0.05) is 18.7 Å². The zero-order valence-corrected chi connectivity index (χ0v) is 16.6. The van der Waals surface area contributed by atoms with Crippen LogP contribution in [0.25, 0.3) is 0 Å². The molecular formula is C20H24N2O4S. The van der Waals surface area contributed by atoms with Gasteiger partial charge < -0.3 is 9.64 Å². The highest BCUT2D eigenvalue weighted by molar-refractivity contribution is 7.92. The van der Waals surface area contributed by atoms with Crippen molar-refractivity contribution in [2.45, 2.75) is 31.6 Å². The van der Waals surface area contributed by atoms with E-state index in [1.165, 1.54) is 19.2 Å². The topological polar surface area (TPSA) is 75.7 Å². The number of hydrogen-bond acceptors (Lipinski definition) is 4. The molecular weight excluding hydrogens is 364 g/mol. The number of likely N-dealkylation sites (tertiary alicyclic amines) is 1. The maximum absolute atomic E-state index is 12.9. The van der Waals surface area contributed by atoms with Crippen LogP contribution in [0.15, 0.2) is 41.3 Å². The van der Waals surface area contributed by atoms with Crippen molar-refractivity contribution < 1.29 is 17.9 Å². The van der Waals surface area contributed by atoms with Gasteiger partial charge in [-0.05, 0) is 62.1 Å². The number of anilines is 1. The van der Waals surface area contributed by atoms with Gasteiger partial charge >= 0.3 is 0 Å². The van der Waals surface area contributed by atoms with E-state index in [0.717, 1.165) is 24.0 Å². The van der Waals surface area contributed by atoms with Crippen molar-refractivity contribution in [2.75, 3.05) is 24.9 Å². The van der Waals surface area contributed by atoms with E-state index in [1.807, 2.05) is 19.9 Å². The lowest BCUT2D eigenvalue weighted by molar-refractivity contribution is 0.0792. The molecule has 1 aliphatic heterocycles. The summed E-state index contributed by atoms with van der Waals surface area (Å²) in [6.45, 7) is 5.12. The van der Waals surface area contributed by atoms with Crippen LogP contribution in [0.5, 0.6) is 5.75 Å². The summed E-state index contributed by atoms with van der Waals surface area (Å²) in [4.78, 5) is 14.6. The van der Waals surface area contributed by atoms with Crippen LogP contribution >= 0.6 is 0 Å². The van der Waals surface area contributed by atoms with Gasteiger partial charge in [-0.3, -0.25) is 9.52 Å². The molecule has 1 N–H and O–H groups in total. The number of ether oxygens (including phenoxy) is 1. The Labute approximate surface area is 160 Å². The molecule has 1 aliphatic rings. The third-order valence-corrected chi connectivity index (χ3v) is 6.11. The van der Waals surface area contributed by atoms with E-state index < -0.39 is 10.0 Å². The van der Waals surface area contributed by atoms with Crippen LogP contribution in [0.1, 0.15) is 34.3 Å². The second kappa shape index (κ2) is 7.60. The number of nitrogens with one attached hydrogen (secondary N) is 1. The number of methoxy groups -OCH3 is 1. The van der Waals surface area contributed by atoms with Gasteiger partial charge in [-0.25, -0.2) is 8.42 Å². The highest BCUT2D eigenvalue weighted by atomic mass is 32.2. The second-order valence-corrected chi connectivity index (χ2v) is 8.47. The predicted molar refractivity (Wildman–Crippen MR) is 105 cm³/mol. The monoisotopic (exact) mass is 388 g/mol. The lowest BCUT2D eigenvalue weighted by Gasteiger charge is -2.18. The summed E-state index contributed by atoms with van der Waals surface area (Å²) in [5.41, 5.74) is 2.46. The Hall–Kier alpha value is -2.54. The first-order chi connectivity index (χ1) is 12.8. The summed E-state index contributed by atoms with van der Waals surface area (Å²) in [7, 11) is -2.37. The standard InChI is InChI=1S/C20H24N2O4S/c1-14-6-9-19(26-3)18(12-14)21-27(24,25)16-8-7-15(2)17(13-16)20(23)22-10-4-5-11-22/h6-9,12-13,21H,4-5,10-11H2,1-3H3. The predicted octanol–water partition coefficient (Wildman–Crippen LogP) is 3.35. The van der Waals surface area contributed by atoms with Crippen LogP contribution in [0.2, 0.25) is 0 Å². The number of carbonyl (C=O) groups excluding carboxylic acids is 1. The summed E-state index contributed by atoms with van der Waals surface area (Å²) in [5, 5.41) is 0. The Kier molecular flexibility index (Phi) is 5.41. The van der Waals surface area contributed by atoms with Crippen molar-refractivity contribution in [1.82, 2.24) is 4.90 Å². The van der Waals surface area contributed by atoms with Gasteiger partial charge in [0.05, 0.1) is 17.7 Å². The van der Waals surface area contributed by atoms with Crippen LogP contribution < -0.4 is 9.46 Å². The number of amides is 1. The van der Waals surface area contributed by atoms with Crippen molar-refractivity contribution in [3.63, 3.8) is 0 Å². The molecule has 0 spiro atoms. The van der Waals surface area contributed by atoms with Crippen molar-refractivity contribution in [3.05, 3.63) is 53.1 Å². The van der Waals surface area contributed by atoms with Crippen LogP contribution in [0.3, 0.4) is 0 Å². The van der Waals surface area contributed by atoms with Crippen molar-refractivity contribution in [1.29, 1.82) is 0 Å². The fourth-order valence-electron chi connectivity index (χ4n) is 3.19. The van der Waals surface area contributed by atoms with E-state index in [2.05, 4.69) is 4.72 Å². The number of benzene rings is 2. The van der Waals surface area contributed by atoms with Gasteiger partial charge in [-0.2, -0.15) is 0 Å². The Morgan fingerprint density at radius 1 is 1.07 bits per heavy atom. The number of nitrogens with zero attached hydrogens (tertiary/aromatic N) is 1. The normalized spacial score (nSPS) is 14.3. The lowest BCUT2D eigenvalue weighted by Crippen LogP contribution is -2.28. The van der Waals surface area contributed by atoms with E-state index in [-0.39, 0.29) is 10.8 Å². The van der Waals surface area contributed by atoms with Crippen LogP contribution in [-0.4, -0.2) is 39.4 Å². The highest BCUT2D eigenvalue weighted by Gasteiger charge is 2.24. The third-order valence-electron chi connectivity index (χ3n) is 4.74. The van der Waals surface area contributed by atoms with E-state index in [1.54, 1.807) is 23.1 Å². The fourth-order valence-corrected chi connectivity index (χ4v) is 4.28. The van der Waals surface area contributed by atoms with Gasteiger partial charge in [-0.1, -0.05) is 12.1 Å². The van der Waals surface area contributed by atoms with Gasteiger partial charge in [0.25, 0.3) is 15.9 Å². The summed E-state index contributed by atoms with van der Waals surface area (Å²) in [6.07, 6.45) is 1.97. The number of aryl methyl sites for hydroxylation is 2. The molecule has 3 rings (SSSR count). The average molecular weight is 388 g/mol. The van der Waals surface area contributed by atoms with Gasteiger partial charge in [0.1, 0.15) is 5.75 Å². The molecule has 0 aliphatic carbocycles. The number of hydrogen-bond donors (Lipinski definition) is 1.